The molecule has 2 N–H and O–H groups in total. The molecule has 0 aliphatic rings. The van der Waals surface area contributed by atoms with Gasteiger partial charge in [0.25, 0.3) is 5.69 Å². The molecule has 0 saturated carbocycles. The van der Waals surface area contributed by atoms with Crippen LogP contribution in [0.25, 0.3) is 0 Å². The van der Waals surface area contributed by atoms with Gasteiger partial charge in [0.15, 0.2) is 5.96 Å². The van der Waals surface area contributed by atoms with E-state index in [1.54, 1.807) is 30.3 Å². The first kappa shape index (κ1) is 17.4. The molecule has 0 unspecified atom stereocenters. The molecule has 2 aromatic rings. The molecule has 0 aliphatic carbocycles. The summed E-state index contributed by atoms with van der Waals surface area (Å²) < 4.78 is 13.6. The van der Waals surface area contributed by atoms with Gasteiger partial charge >= 0.3 is 0 Å². The number of nitro benzene ring substituents is 1. The fourth-order valence-corrected chi connectivity index (χ4v) is 2.10. The lowest BCUT2D eigenvalue weighted by atomic mass is 10.2. The van der Waals surface area contributed by atoms with Gasteiger partial charge in [0.05, 0.1) is 11.5 Å². The van der Waals surface area contributed by atoms with Crippen LogP contribution in [-0.4, -0.2) is 17.4 Å². The third-order valence-electron chi connectivity index (χ3n) is 3.29. The zero-order valence-corrected chi connectivity index (χ0v) is 13.3. The molecule has 0 bridgehead atoms. The molecule has 6 nitrogen and oxygen atoms in total. The van der Waals surface area contributed by atoms with Crippen molar-refractivity contribution in [3.8, 4) is 0 Å². The van der Waals surface area contributed by atoms with Crippen LogP contribution in [0.3, 0.4) is 0 Å². The van der Waals surface area contributed by atoms with E-state index in [0.717, 1.165) is 5.56 Å². The highest BCUT2D eigenvalue weighted by Crippen LogP contribution is 2.13. The van der Waals surface area contributed by atoms with Crippen molar-refractivity contribution in [2.75, 3.05) is 6.54 Å². The third-order valence-corrected chi connectivity index (χ3v) is 3.29. The smallest absolute Gasteiger partial charge is 0.269 e. The first-order chi connectivity index (χ1) is 11.6. The van der Waals surface area contributed by atoms with Gasteiger partial charge in [0.1, 0.15) is 5.82 Å². The van der Waals surface area contributed by atoms with Crippen LogP contribution in [-0.2, 0) is 13.1 Å². The van der Waals surface area contributed by atoms with Crippen molar-refractivity contribution >= 4 is 11.6 Å². The second-order valence-corrected chi connectivity index (χ2v) is 5.07. The summed E-state index contributed by atoms with van der Waals surface area (Å²) in [7, 11) is 0. The lowest BCUT2D eigenvalue weighted by Crippen LogP contribution is -2.37. The normalized spacial score (nSPS) is 11.2. The average molecular weight is 330 g/mol. The third kappa shape index (κ3) is 5.05. The summed E-state index contributed by atoms with van der Waals surface area (Å²) in [6, 6.07) is 12.8. The Morgan fingerprint density at radius 1 is 1.21 bits per heavy atom. The van der Waals surface area contributed by atoms with Gasteiger partial charge in [-0.25, -0.2) is 9.38 Å². The van der Waals surface area contributed by atoms with Gasteiger partial charge in [-0.2, -0.15) is 0 Å². The van der Waals surface area contributed by atoms with Crippen LogP contribution in [0, 0.1) is 15.9 Å². The van der Waals surface area contributed by atoms with Crippen molar-refractivity contribution in [3.63, 3.8) is 0 Å². The maximum absolute atomic E-state index is 13.6. The standard InChI is InChI=1S/C17H19FN4O2/c1-2-19-17(21-12-14-7-3-4-9-16(14)18)20-11-13-6-5-8-15(10-13)22(23)24/h3-10H,2,11-12H2,1H3,(H2,19,20,21). The Morgan fingerprint density at radius 2 is 2.00 bits per heavy atom. The Labute approximate surface area is 139 Å². The minimum absolute atomic E-state index is 0.0343. The summed E-state index contributed by atoms with van der Waals surface area (Å²) in [5, 5.41) is 16.9. The highest BCUT2D eigenvalue weighted by molar-refractivity contribution is 5.79. The van der Waals surface area contributed by atoms with Crippen LogP contribution in [0.4, 0.5) is 10.1 Å². The number of nitrogens with zero attached hydrogens (tertiary/aromatic N) is 2. The molecule has 2 aromatic carbocycles. The highest BCUT2D eigenvalue weighted by atomic mass is 19.1. The molecule has 0 radical (unpaired) electrons. The molecule has 126 valence electrons. The fourth-order valence-electron chi connectivity index (χ4n) is 2.10. The zero-order valence-electron chi connectivity index (χ0n) is 13.3. The molecule has 0 saturated heterocycles. The van der Waals surface area contributed by atoms with Gasteiger partial charge < -0.3 is 10.6 Å². The van der Waals surface area contributed by atoms with Crippen molar-refractivity contribution in [3.05, 3.63) is 75.6 Å². The Kier molecular flexibility index (Phi) is 6.24. The van der Waals surface area contributed by atoms with E-state index >= 15 is 0 Å². The number of halogens is 1. The maximum atomic E-state index is 13.6. The van der Waals surface area contributed by atoms with Crippen molar-refractivity contribution in [1.82, 2.24) is 10.6 Å². The molecule has 24 heavy (non-hydrogen) atoms. The van der Waals surface area contributed by atoms with Crippen molar-refractivity contribution < 1.29 is 9.31 Å². The summed E-state index contributed by atoms with van der Waals surface area (Å²) in [5.41, 5.74) is 1.30. The van der Waals surface area contributed by atoms with E-state index in [0.29, 0.717) is 24.6 Å². The maximum Gasteiger partial charge on any atom is 0.269 e. The van der Waals surface area contributed by atoms with Crippen molar-refractivity contribution in [2.24, 2.45) is 4.99 Å². The lowest BCUT2D eigenvalue weighted by Gasteiger charge is -2.11. The molecule has 0 aliphatic heterocycles. The Morgan fingerprint density at radius 3 is 2.71 bits per heavy atom. The van der Waals surface area contributed by atoms with Gasteiger partial charge in [-0.05, 0) is 18.6 Å². The summed E-state index contributed by atoms with van der Waals surface area (Å²) in [6.45, 7) is 3.16. The van der Waals surface area contributed by atoms with Gasteiger partial charge in [-0.1, -0.05) is 30.3 Å². The SMILES string of the molecule is CCNC(=NCc1cccc([N+](=O)[O-])c1)NCc1ccccc1F. The van der Waals surface area contributed by atoms with Gasteiger partial charge in [0.2, 0.25) is 0 Å². The number of rotatable bonds is 6. The number of hydrogen-bond acceptors (Lipinski definition) is 3. The molecule has 0 heterocycles. The van der Waals surface area contributed by atoms with Crippen molar-refractivity contribution in [1.29, 1.82) is 0 Å². The number of hydrogen-bond donors (Lipinski definition) is 2. The predicted molar refractivity (Wildman–Crippen MR) is 91.2 cm³/mol. The molecule has 0 fully saturated rings. The number of aliphatic imine (C=N–C) groups is 1. The van der Waals surface area contributed by atoms with E-state index in [1.165, 1.54) is 18.2 Å². The largest absolute Gasteiger partial charge is 0.357 e. The monoisotopic (exact) mass is 330 g/mol. The molecule has 2 rings (SSSR count). The second kappa shape index (κ2) is 8.61. The number of nitro groups is 1. The van der Waals surface area contributed by atoms with E-state index in [2.05, 4.69) is 15.6 Å². The average Bonchev–Trinajstić information content (AvgIpc) is 2.59. The number of benzene rings is 2. The van der Waals surface area contributed by atoms with E-state index in [9.17, 15) is 14.5 Å². The molecule has 7 heteroatoms. The molecule has 0 atom stereocenters. The van der Waals surface area contributed by atoms with E-state index < -0.39 is 4.92 Å². The molecule has 0 spiro atoms. The number of non-ortho nitro benzene ring substituents is 1. The van der Waals surface area contributed by atoms with Gasteiger partial charge in [0, 0.05) is 30.8 Å². The van der Waals surface area contributed by atoms with Crippen LogP contribution in [0.1, 0.15) is 18.1 Å². The van der Waals surface area contributed by atoms with Crippen molar-refractivity contribution in [2.45, 2.75) is 20.0 Å². The van der Waals surface area contributed by atoms with Gasteiger partial charge in [-0.3, -0.25) is 10.1 Å². The van der Waals surface area contributed by atoms with Crippen LogP contribution < -0.4 is 10.6 Å². The quantitative estimate of drug-likeness (QED) is 0.369. The van der Waals surface area contributed by atoms with Crippen LogP contribution in [0.5, 0.6) is 0 Å². The minimum atomic E-state index is -0.436. The Bertz CT molecular complexity index is 734. The van der Waals surface area contributed by atoms with E-state index in [1.807, 2.05) is 6.92 Å². The fraction of sp³-hybridized carbons (Fsp3) is 0.235. The molecule has 0 amide bonds. The summed E-state index contributed by atoms with van der Waals surface area (Å²) >= 11 is 0. The first-order valence-corrected chi connectivity index (χ1v) is 7.59. The summed E-state index contributed by atoms with van der Waals surface area (Å²) in [5.74, 6) is 0.242. The lowest BCUT2D eigenvalue weighted by molar-refractivity contribution is -0.384. The summed E-state index contributed by atoms with van der Waals surface area (Å²) in [6.07, 6.45) is 0. The summed E-state index contributed by atoms with van der Waals surface area (Å²) in [4.78, 5) is 14.7. The second-order valence-electron chi connectivity index (χ2n) is 5.07. The topological polar surface area (TPSA) is 79.6 Å². The van der Waals surface area contributed by atoms with E-state index in [4.69, 9.17) is 0 Å². The Hall–Kier alpha value is -2.96. The van der Waals surface area contributed by atoms with Gasteiger partial charge in [-0.15, -0.1) is 0 Å². The predicted octanol–water partition coefficient (Wildman–Crippen LogP) is 2.99. The highest BCUT2D eigenvalue weighted by Gasteiger charge is 2.06. The van der Waals surface area contributed by atoms with Crippen LogP contribution in [0.2, 0.25) is 0 Å². The van der Waals surface area contributed by atoms with E-state index in [-0.39, 0.29) is 18.0 Å². The van der Waals surface area contributed by atoms with Crippen LogP contribution in [0.15, 0.2) is 53.5 Å². The van der Waals surface area contributed by atoms with Crippen LogP contribution >= 0.6 is 0 Å². The minimum Gasteiger partial charge on any atom is -0.357 e. The zero-order chi connectivity index (χ0) is 17.4. The number of guanidine groups is 1. The molecular weight excluding hydrogens is 311 g/mol. The Balaban J connectivity index is 2.04. The first-order valence-electron chi connectivity index (χ1n) is 7.59. The molecule has 0 aromatic heterocycles. The molecular formula is C17H19FN4O2. The number of nitrogens with one attached hydrogen (secondary N) is 2.